The van der Waals surface area contributed by atoms with Gasteiger partial charge in [-0.2, -0.15) is 0 Å². The first kappa shape index (κ1) is 10.1. The number of hydrogen-bond donors (Lipinski definition) is 1. The number of benzene rings is 1. The second-order valence-corrected chi connectivity index (χ2v) is 4.11. The van der Waals surface area contributed by atoms with E-state index in [0.717, 1.165) is 17.5 Å². The van der Waals surface area contributed by atoms with E-state index in [0.29, 0.717) is 6.04 Å². The van der Waals surface area contributed by atoms with Gasteiger partial charge in [-0.25, -0.2) is 9.97 Å². The molecule has 0 aliphatic carbocycles. The summed E-state index contributed by atoms with van der Waals surface area (Å²) < 4.78 is 2.14. The second kappa shape index (κ2) is 4.05. The van der Waals surface area contributed by atoms with Crippen molar-refractivity contribution in [2.24, 2.45) is 0 Å². The molecular formula is C13H14N4. The minimum atomic E-state index is 0.338. The van der Waals surface area contributed by atoms with E-state index in [9.17, 15) is 0 Å². The molecule has 1 unspecified atom stereocenters. The third-order valence-corrected chi connectivity index (χ3v) is 3.10. The van der Waals surface area contributed by atoms with Crippen molar-refractivity contribution >= 4 is 11.0 Å². The number of aromatic nitrogens is 4. The van der Waals surface area contributed by atoms with Gasteiger partial charge < -0.3 is 9.55 Å². The topological polar surface area (TPSA) is 46.5 Å². The fraction of sp³-hybridized carbons (Fsp3) is 0.231. The Labute approximate surface area is 99.3 Å². The molecule has 0 fully saturated rings. The number of H-pyrrole nitrogens is 1. The monoisotopic (exact) mass is 226 g/mol. The average Bonchev–Trinajstić information content (AvgIpc) is 2.99. The SMILES string of the molecule is CCC(c1ccc2nc[nH]c2c1)n1ccnc1. The third-order valence-electron chi connectivity index (χ3n) is 3.10. The van der Waals surface area contributed by atoms with Gasteiger partial charge in [0.1, 0.15) is 0 Å². The summed E-state index contributed by atoms with van der Waals surface area (Å²) in [5.41, 5.74) is 3.37. The number of imidazole rings is 2. The zero-order valence-corrected chi connectivity index (χ0v) is 9.67. The maximum atomic E-state index is 4.23. The van der Waals surface area contributed by atoms with Crippen LogP contribution >= 0.6 is 0 Å². The lowest BCUT2D eigenvalue weighted by Gasteiger charge is -2.16. The first-order chi connectivity index (χ1) is 8.38. The van der Waals surface area contributed by atoms with Crippen LogP contribution in [0.3, 0.4) is 0 Å². The lowest BCUT2D eigenvalue weighted by atomic mass is 10.0. The maximum Gasteiger partial charge on any atom is 0.0951 e. The number of rotatable bonds is 3. The van der Waals surface area contributed by atoms with E-state index < -0.39 is 0 Å². The van der Waals surface area contributed by atoms with E-state index in [-0.39, 0.29) is 0 Å². The van der Waals surface area contributed by atoms with E-state index >= 15 is 0 Å². The molecule has 0 aliphatic heterocycles. The van der Waals surface area contributed by atoms with Gasteiger partial charge in [-0.05, 0) is 24.1 Å². The Kier molecular flexibility index (Phi) is 2.40. The fourth-order valence-electron chi connectivity index (χ4n) is 2.23. The molecule has 2 heterocycles. The molecule has 0 saturated heterocycles. The summed E-state index contributed by atoms with van der Waals surface area (Å²) in [6.45, 7) is 2.18. The van der Waals surface area contributed by atoms with Crippen LogP contribution in [0.15, 0.2) is 43.2 Å². The van der Waals surface area contributed by atoms with Gasteiger partial charge in [-0.15, -0.1) is 0 Å². The van der Waals surface area contributed by atoms with Crippen molar-refractivity contribution in [1.82, 2.24) is 19.5 Å². The number of nitrogens with zero attached hydrogens (tertiary/aromatic N) is 3. The lowest BCUT2D eigenvalue weighted by molar-refractivity contribution is 0.567. The second-order valence-electron chi connectivity index (χ2n) is 4.11. The van der Waals surface area contributed by atoms with Crippen LogP contribution in [0.1, 0.15) is 24.9 Å². The Morgan fingerprint density at radius 2 is 2.35 bits per heavy atom. The largest absolute Gasteiger partial charge is 0.345 e. The van der Waals surface area contributed by atoms with Gasteiger partial charge in [0.15, 0.2) is 0 Å². The Balaban J connectivity index is 2.06. The number of aromatic amines is 1. The standard InChI is InChI=1S/C13H14N4/c1-2-13(17-6-5-14-9-17)10-3-4-11-12(7-10)16-8-15-11/h3-9,13H,2H2,1H3,(H,15,16). The zero-order valence-electron chi connectivity index (χ0n) is 9.67. The maximum absolute atomic E-state index is 4.23. The quantitative estimate of drug-likeness (QED) is 0.746. The van der Waals surface area contributed by atoms with Crippen LogP contribution in [0.25, 0.3) is 11.0 Å². The summed E-state index contributed by atoms with van der Waals surface area (Å²) in [5, 5.41) is 0. The average molecular weight is 226 g/mol. The minimum absolute atomic E-state index is 0.338. The van der Waals surface area contributed by atoms with Crippen LogP contribution in [-0.2, 0) is 0 Å². The van der Waals surface area contributed by atoms with Crippen molar-refractivity contribution in [3.05, 3.63) is 48.8 Å². The number of hydrogen-bond acceptors (Lipinski definition) is 2. The fourth-order valence-corrected chi connectivity index (χ4v) is 2.23. The van der Waals surface area contributed by atoms with Gasteiger partial charge in [0.05, 0.1) is 29.7 Å². The first-order valence-corrected chi connectivity index (χ1v) is 5.79. The highest BCUT2D eigenvalue weighted by atomic mass is 15.0. The molecule has 0 radical (unpaired) electrons. The van der Waals surface area contributed by atoms with Gasteiger partial charge in [0, 0.05) is 12.4 Å². The van der Waals surface area contributed by atoms with E-state index in [1.807, 2.05) is 18.7 Å². The molecular weight excluding hydrogens is 212 g/mol. The Hall–Kier alpha value is -2.10. The van der Waals surface area contributed by atoms with E-state index in [4.69, 9.17) is 0 Å². The van der Waals surface area contributed by atoms with Gasteiger partial charge in [0.2, 0.25) is 0 Å². The van der Waals surface area contributed by atoms with Crippen LogP contribution in [-0.4, -0.2) is 19.5 Å². The predicted molar refractivity (Wildman–Crippen MR) is 66.8 cm³/mol. The number of nitrogens with one attached hydrogen (secondary N) is 1. The lowest BCUT2D eigenvalue weighted by Crippen LogP contribution is -2.07. The van der Waals surface area contributed by atoms with E-state index in [2.05, 4.69) is 44.6 Å². The van der Waals surface area contributed by atoms with Crippen LogP contribution in [0.5, 0.6) is 0 Å². The Bertz CT molecular complexity index is 609. The Morgan fingerprint density at radius 1 is 1.41 bits per heavy atom. The van der Waals surface area contributed by atoms with Crippen molar-refractivity contribution in [1.29, 1.82) is 0 Å². The molecule has 0 bridgehead atoms. The van der Waals surface area contributed by atoms with E-state index in [1.54, 1.807) is 6.33 Å². The van der Waals surface area contributed by atoms with Gasteiger partial charge in [0.25, 0.3) is 0 Å². The van der Waals surface area contributed by atoms with Gasteiger partial charge >= 0.3 is 0 Å². The zero-order chi connectivity index (χ0) is 11.7. The highest BCUT2D eigenvalue weighted by Crippen LogP contribution is 2.24. The predicted octanol–water partition coefficient (Wildman–Crippen LogP) is 2.76. The van der Waals surface area contributed by atoms with E-state index in [1.165, 1.54) is 5.56 Å². The first-order valence-electron chi connectivity index (χ1n) is 5.79. The molecule has 3 rings (SSSR count). The van der Waals surface area contributed by atoms with Gasteiger partial charge in [-0.3, -0.25) is 0 Å². The molecule has 0 aliphatic rings. The summed E-state index contributed by atoms with van der Waals surface area (Å²) in [4.78, 5) is 11.5. The normalized spacial score (nSPS) is 13.0. The van der Waals surface area contributed by atoms with Crippen LogP contribution in [0, 0.1) is 0 Å². The van der Waals surface area contributed by atoms with Crippen molar-refractivity contribution < 1.29 is 0 Å². The molecule has 4 nitrogen and oxygen atoms in total. The summed E-state index contributed by atoms with van der Waals surface area (Å²) in [7, 11) is 0. The molecule has 0 spiro atoms. The van der Waals surface area contributed by atoms with Crippen molar-refractivity contribution in [2.45, 2.75) is 19.4 Å². The Morgan fingerprint density at radius 3 is 3.12 bits per heavy atom. The summed E-state index contributed by atoms with van der Waals surface area (Å²) in [6, 6.07) is 6.69. The van der Waals surface area contributed by atoms with Crippen LogP contribution in [0.2, 0.25) is 0 Å². The molecule has 1 N–H and O–H groups in total. The molecule has 2 aromatic heterocycles. The summed E-state index contributed by atoms with van der Waals surface area (Å²) in [6.07, 6.45) is 8.46. The number of fused-ring (bicyclic) bond motifs is 1. The molecule has 0 saturated carbocycles. The highest BCUT2D eigenvalue weighted by Gasteiger charge is 2.11. The molecule has 0 amide bonds. The molecule has 1 atom stereocenters. The molecule has 1 aromatic carbocycles. The van der Waals surface area contributed by atoms with Crippen LogP contribution < -0.4 is 0 Å². The minimum Gasteiger partial charge on any atom is -0.345 e. The van der Waals surface area contributed by atoms with Crippen LogP contribution in [0.4, 0.5) is 0 Å². The summed E-state index contributed by atoms with van der Waals surface area (Å²) in [5.74, 6) is 0. The van der Waals surface area contributed by atoms with Crippen molar-refractivity contribution in [3.63, 3.8) is 0 Å². The van der Waals surface area contributed by atoms with Gasteiger partial charge in [-0.1, -0.05) is 13.0 Å². The molecule has 4 heteroatoms. The molecule has 86 valence electrons. The van der Waals surface area contributed by atoms with Crippen molar-refractivity contribution in [3.8, 4) is 0 Å². The third kappa shape index (κ3) is 1.71. The van der Waals surface area contributed by atoms with Crippen molar-refractivity contribution in [2.75, 3.05) is 0 Å². The molecule has 17 heavy (non-hydrogen) atoms. The molecule has 3 aromatic rings. The summed E-state index contributed by atoms with van der Waals surface area (Å²) >= 11 is 0. The highest BCUT2D eigenvalue weighted by molar-refractivity contribution is 5.75. The smallest absolute Gasteiger partial charge is 0.0951 e.